The monoisotopic (exact) mass is 221 g/mol. The average molecular weight is 221 g/mol. The van der Waals surface area contributed by atoms with E-state index in [2.05, 4.69) is 0 Å². The van der Waals surface area contributed by atoms with Gasteiger partial charge in [-0.1, -0.05) is 0 Å². The van der Waals surface area contributed by atoms with Gasteiger partial charge in [-0.25, -0.2) is 4.79 Å². The first-order chi connectivity index (χ1) is 7.24. The quantitative estimate of drug-likeness (QED) is 0.793. The van der Waals surface area contributed by atoms with Gasteiger partial charge in [-0.05, 0) is 30.0 Å². The molecule has 2 aliphatic rings. The van der Waals surface area contributed by atoms with Gasteiger partial charge < -0.3 is 10.5 Å². The van der Waals surface area contributed by atoms with Gasteiger partial charge in [-0.3, -0.25) is 0 Å². The van der Waals surface area contributed by atoms with Gasteiger partial charge in [0.25, 0.3) is 0 Å². The summed E-state index contributed by atoms with van der Waals surface area (Å²) in [5.41, 5.74) is 8.76. The van der Waals surface area contributed by atoms with Crippen LogP contribution in [0, 0.1) is 0 Å². The molecule has 15 heavy (non-hydrogen) atoms. The second-order valence-corrected chi connectivity index (χ2v) is 3.90. The van der Waals surface area contributed by atoms with Crippen LogP contribution in [0.25, 0.3) is 11.1 Å². The van der Waals surface area contributed by atoms with E-state index >= 15 is 0 Å². The Balaban J connectivity index is 2.49. The van der Waals surface area contributed by atoms with Crippen LogP contribution in [0.5, 0.6) is 0 Å². The molecule has 0 saturated carbocycles. The Morgan fingerprint density at radius 2 is 2.40 bits per heavy atom. The molecule has 2 N–H and O–H groups in total. The van der Waals surface area contributed by atoms with E-state index in [4.69, 9.17) is 10.5 Å². The van der Waals surface area contributed by atoms with Crippen molar-refractivity contribution < 1.29 is 9.53 Å². The van der Waals surface area contributed by atoms with Crippen LogP contribution in [0.1, 0.15) is 17.3 Å². The maximum Gasteiger partial charge on any atom is 0.340 e. The van der Waals surface area contributed by atoms with E-state index in [1.165, 1.54) is 0 Å². The molecule has 0 amide bonds. The fraction of sp³-hybridized carbons (Fsp3) is 0.182. The molecular weight excluding hydrogens is 210 g/mol. The van der Waals surface area contributed by atoms with E-state index < -0.39 is 0 Å². The number of ether oxygens (including phenoxy) is 1. The lowest BCUT2D eigenvalue weighted by Crippen LogP contribution is -2.05. The van der Waals surface area contributed by atoms with Crippen LogP contribution in [0.4, 0.5) is 5.69 Å². The van der Waals surface area contributed by atoms with Gasteiger partial charge in [0.05, 0.1) is 17.9 Å². The largest absolute Gasteiger partial charge is 0.462 e. The van der Waals surface area contributed by atoms with Crippen LogP contribution in [-0.2, 0) is 4.74 Å². The Hall–Kier alpha value is -1.55. The van der Waals surface area contributed by atoms with Gasteiger partial charge in [0.1, 0.15) is 0 Å². The van der Waals surface area contributed by atoms with Crippen molar-refractivity contribution in [3.8, 4) is 11.1 Å². The highest BCUT2D eigenvalue weighted by molar-refractivity contribution is 7.08. The lowest BCUT2D eigenvalue weighted by atomic mass is 10.2. The standard InChI is InChI=1S/C11H11NO2S/c1-2-14-11(13)8-5-7-3-4-15-6-9(7)10(8)12/h3-6H,2,12H2,1H3. The summed E-state index contributed by atoms with van der Waals surface area (Å²) in [4.78, 5) is 11.5. The summed E-state index contributed by atoms with van der Waals surface area (Å²) in [5, 5.41) is 3.89. The summed E-state index contributed by atoms with van der Waals surface area (Å²) in [6, 6.07) is 3.72. The lowest BCUT2D eigenvalue weighted by molar-refractivity contribution is 0.0528. The average Bonchev–Trinajstić information content (AvgIpc) is 2.57. The maximum absolute atomic E-state index is 11.5. The normalized spacial score (nSPS) is 10.5. The Morgan fingerprint density at radius 3 is 3.07 bits per heavy atom. The minimum atomic E-state index is -0.351. The minimum Gasteiger partial charge on any atom is -0.462 e. The molecular formula is C11H11NO2S. The first-order valence-electron chi connectivity index (χ1n) is 4.65. The molecule has 1 heterocycles. The summed E-state index contributed by atoms with van der Waals surface area (Å²) in [6.45, 7) is 2.14. The fourth-order valence-corrected chi connectivity index (χ4v) is 2.18. The molecule has 0 spiro atoms. The summed E-state index contributed by atoms with van der Waals surface area (Å²) in [5.74, 6) is -0.351. The number of carbonyl (C=O) groups is 1. The number of rotatable bonds is 2. The van der Waals surface area contributed by atoms with E-state index in [1.807, 2.05) is 16.8 Å². The number of anilines is 1. The number of esters is 1. The molecule has 0 aromatic heterocycles. The number of fused-ring (bicyclic) bond motifs is 1. The van der Waals surface area contributed by atoms with Gasteiger partial charge in [0.2, 0.25) is 0 Å². The van der Waals surface area contributed by atoms with Crippen molar-refractivity contribution in [2.75, 3.05) is 12.3 Å². The molecule has 0 aromatic carbocycles. The van der Waals surface area contributed by atoms with Crippen molar-refractivity contribution >= 4 is 23.0 Å². The first kappa shape index (κ1) is 9.98. The van der Waals surface area contributed by atoms with Crippen LogP contribution < -0.4 is 5.73 Å². The molecule has 0 atom stereocenters. The predicted octanol–water partition coefficient (Wildman–Crippen LogP) is 2.61. The summed E-state index contributed by atoms with van der Waals surface area (Å²) in [6.07, 6.45) is 0. The Kier molecular flexibility index (Phi) is 2.60. The van der Waals surface area contributed by atoms with E-state index in [0.29, 0.717) is 17.9 Å². The van der Waals surface area contributed by atoms with Crippen LogP contribution in [0.3, 0.4) is 0 Å². The SMILES string of the molecule is CCOC(=O)c1cc2ccscc-2c1N. The van der Waals surface area contributed by atoms with Gasteiger partial charge in [0.15, 0.2) is 0 Å². The zero-order valence-electron chi connectivity index (χ0n) is 8.32. The van der Waals surface area contributed by atoms with Gasteiger partial charge in [-0.2, -0.15) is 11.3 Å². The highest BCUT2D eigenvalue weighted by atomic mass is 32.1. The fourth-order valence-electron chi connectivity index (χ4n) is 1.48. The molecule has 0 radical (unpaired) electrons. The number of nitrogens with two attached hydrogens (primary N) is 1. The molecule has 0 saturated heterocycles. The second kappa shape index (κ2) is 3.90. The molecule has 1 aliphatic carbocycles. The minimum absolute atomic E-state index is 0.351. The topological polar surface area (TPSA) is 52.3 Å². The van der Waals surface area contributed by atoms with E-state index in [9.17, 15) is 4.79 Å². The molecule has 78 valence electrons. The predicted molar refractivity (Wildman–Crippen MR) is 61.3 cm³/mol. The van der Waals surface area contributed by atoms with Gasteiger partial charge in [-0.15, -0.1) is 0 Å². The molecule has 1 aliphatic heterocycles. The van der Waals surface area contributed by atoms with E-state index in [1.54, 1.807) is 24.3 Å². The van der Waals surface area contributed by atoms with Crippen molar-refractivity contribution in [3.63, 3.8) is 0 Å². The number of hydrogen-bond acceptors (Lipinski definition) is 4. The summed E-state index contributed by atoms with van der Waals surface area (Å²) in [7, 11) is 0. The van der Waals surface area contributed by atoms with E-state index in [0.717, 1.165) is 11.1 Å². The molecule has 0 unspecified atom stereocenters. The molecule has 2 rings (SSSR count). The Bertz CT molecular complexity index is 464. The third kappa shape index (κ3) is 1.68. The zero-order chi connectivity index (χ0) is 10.8. The van der Waals surface area contributed by atoms with Crippen molar-refractivity contribution in [2.24, 2.45) is 0 Å². The van der Waals surface area contributed by atoms with Crippen LogP contribution in [0.15, 0.2) is 22.9 Å². The molecule has 0 bridgehead atoms. The number of hydrogen-bond donors (Lipinski definition) is 1. The summed E-state index contributed by atoms with van der Waals surface area (Å²) < 4.78 is 4.92. The maximum atomic E-state index is 11.5. The second-order valence-electron chi connectivity index (χ2n) is 3.12. The molecule has 3 nitrogen and oxygen atoms in total. The van der Waals surface area contributed by atoms with Crippen molar-refractivity contribution in [3.05, 3.63) is 28.5 Å². The third-order valence-corrected chi connectivity index (χ3v) is 2.86. The van der Waals surface area contributed by atoms with Crippen molar-refractivity contribution in [1.82, 2.24) is 0 Å². The highest BCUT2D eigenvalue weighted by Crippen LogP contribution is 2.35. The highest BCUT2D eigenvalue weighted by Gasteiger charge is 2.19. The lowest BCUT2D eigenvalue weighted by Gasteiger charge is -2.00. The number of nitrogen functional groups attached to an aromatic ring is 1. The Morgan fingerprint density at radius 1 is 1.60 bits per heavy atom. The smallest absolute Gasteiger partial charge is 0.340 e. The van der Waals surface area contributed by atoms with Crippen LogP contribution in [-0.4, -0.2) is 12.6 Å². The van der Waals surface area contributed by atoms with Crippen LogP contribution >= 0.6 is 11.3 Å². The third-order valence-electron chi connectivity index (χ3n) is 2.20. The van der Waals surface area contributed by atoms with Crippen molar-refractivity contribution in [2.45, 2.75) is 6.92 Å². The van der Waals surface area contributed by atoms with Crippen molar-refractivity contribution in [1.29, 1.82) is 0 Å². The first-order valence-corrected chi connectivity index (χ1v) is 5.59. The van der Waals surface area contributed by atoms with E-state index in [-0.39, 0.29) is 5.97 Å². The number of carbonyl (C=O) groups excluding carboxylic acids is 1. The Labute approximate surface area is 91.8 Å². The molecule has 0 aromatic rings. The van der Waals surface area contributed by atoms with Gasteiger partial charge >= 0.3 is 5.97 Å². The molecule has 4 heteroatoms. The zero-order valence-corrected chi connectivity index (χ0v) is 9.14. The van der Waals surface area contributed by atoms with Crippen LogP contribution in [0.2, 0.25) is 0 Å². The molecule has 0 fully saturated rings. The summed E-state index contributed by atoms with van der Waals surface area (Å²) >= 11 is 1.55. The van der Waals surface area contributed by atoms with Gasteiger partial charge in [0, 0.05) is 10.9 Å².